The van der Waals surface area contributed by atoms with Crippen LogP contribution >= 0.6 is 11.6 Å². The summed E-state index contributed by atoms with van der Waals surface area (Å²) in [4.78, 5) is 10.9. The molecule has 1 rings (SSSR count). The van der Waals surface area contributed by atoms with E-state index in [2.05, 4.69) is 4.72 Å². The van der Waals surface area contributed by atoms with Crippen LogP contribution in [0.4, 0.5) is 0 Å². The van der Waals surface area contributed by atoms with Gasteiger partial charge in [-0.25, -0.2) is 8.42 Å². The number of aliphatic carboxylic acids is 1. The van der Waals surface area contributed by atoms with E-state index in [1.54, 1.807) is 19.9 Å². The fourth-order valence-electron chi connectivity index (χ4n) is 1.69. The first-order chi connectivity index (χ1) is 9.72. The molecule has 114 valence electrons. The molecule has 0 heterocycles. The maximum Gasteiger partial charge on any atom is 0.322 e. The average molecular weight is 331 g/mol. The van der Waals surface area contributed by atoms with Crippen LogP contribution in [0.5, 0.6) is 0 Å². The fourth-order valence-corrected chi connectivity index (χ4v) is 3.40. The number of nitriles is 1. The first kappa shape index (κ1) is 17.4. The van der Waals surface area contributed by atoms with Crippen LogP contribution in [0.3, 0.4) is 0 Å². The Kier molecular flexibility index (Phi) is 5.72. The van der Waals surface area contributed by atoms with E-state index in [1.165, 1.54) is 12.1 Å². The third-order valence-electron chi connectivity index (χ3n) is 3.11. The Balaban J connectivity index is 3.26. The number of benzene rings is 1. The molecule has 21 heavy (non-hydrogen) atoms. The number of hydrogen-bond donors (Lipinski definition) is 2. The molecule has 0 radical (unpaired) electrons. The lowest BCUT2D eigenvalue weighted by Crippen LogP contribution is -2.45. The summed E-state index contributed by atoms with van der Waals surface area (Å²) in [5.74, 6) is -1.67. The van der Waals surface area contributed by atoms with Crippen LogP contribution in [-0.2, 0) is 14.8 Å². The van der Waals surface area contributed by atoms with Gasteiger partial charge < -0.3 is 5.11 Å². The molecule has 0 saturated heterocycles. The Morgan fingerprint density at radius 3 is 2.62 bits per heavy atom. The minimum atomic E-state index is -4.16. The Morgan fingerprint density at radius 1 is 1.52 bits per heavy atom. The molecular formula is C13H15ClN2O4S. The van der Waals surface area contributed by atoms with Gasteiger partial charge in [0.05, 0.1) is 5.56 Å². The van der Waals surface area contributed by atoms with Crippen LogP contribution in [0.25, 0.3) is 0 Å². The summed E-state index contributed by atoms with van der Waals surface area (Å²) in [6.45, 7) is 3.39. The van der Waals surface area contributed by atoms with Crippen molar-refractivity contribution in [3.8, 4) is 6.07 Å². The molecule has 0 fully saturated rings. The van der Waals surface area contributed by atoms with E-state index >= 15 is 0 Å². The van der Waals surface area contributed by atoms with Crippen molar-refractivity contribution in [1.29, 1.82) is 5.26 Å². The van der Waals surface area contributed by atoms with Gasteiger partial charge in [-0.15, -0.1) is 0 Å². The van der Waals surface area contributed by atoms with Gasteiger partial charge in [-0.05, 0) is 24.1 Å². The number of carboxylic acid groups (broad SMARTS) is 1. The minimum Gasteiger partial charge on any atom is -0.480 e. The van der Waals surface area contributed by atoms with Crippen LogP contribution in [-0.4, -0.2) is 25.5 Å². The van der Waals surface area contributed by atoms with E-state index in [0.717, 1.165) is 6.07 Å². The third kappa shape index (κ3) is 4.17. The Bertz CT molecular complexity index is 682. The monoisotopic (exact) mass is 330 g/mol. The second-order valence-electron chi connectivity index (χ2n) is 4.58. The zero-order valence-corrected chi connectivity index (χ0v) is 13.1. The van der Waals surface area contributed by atoms with Gasteiger partial charge in [0.25, 0.3) is 0 Å². The van der Waals surface area contributed by atoms with Crippen LogP contribution in [0, 0.1) is 17.2 Å². The normalized spacial score (nSPS) is 14.2. The number of rotatable bonds is 6. The zero-order chi connectivity index (χ0) is 16.2. The summed E-state index contributed by atoms with van der Waals surface area (Å²) in [6.07, 6.45) is 0.486. The van der Waals surface area contributed by atoms with Gasteiger partial charge in [-0.3, -0.25) is 4.79 Å². The molecule has 1 aromatic rings. The summed E-state index contributed by atoms with van der Waals surface area (Å²) >= 11 is 5.75. The second kappa shape index (κ2) is 6.89. The summed E-state index contributed by atoms with van der Waals surface area (Å²) < 4.78 is 26.8. The topological polar surface area (TPSA) is 107 Å². The average Bonchev–Trinajstić information content (AvgIpc) is 2.43. The standard InChI is InChI=1S/C13H15ClN2O4S/c1-3-8(2)12(13(17)18)16-21(19,20)11-6-10(14)5-4-9(11)7-15/h4-6,8,12,16H,3H2,1-2H3,(H,17,18). The Morgan fingerprint density at radius 2 is 2.14 bits per heavy atom. The Hall–Kier alpha value is -1.62. The van der Waals surface area contributed by atoms with Crippen molar-refractivity contribution >= 4 is 27.6 Å². The van der Waals surface area contributed by atoms with Crippen molar-refractivity contribution < 1.29 is 18.3 Å². The molecule has 2 atom stereocenters. The minimum absolute atomic E-state index is 0.0970. The molecule has 0 spiro atoms. The van der Waals surface area contributed by atoms with Crippen molar-refractivity contribution in [3.05, 3.63) is 28.8 Å². The van der Waals surface area contributed by atoms with Crippen molar-refractivity contribution in [3.63, 3.8) is 0 Å². The van der Waals surface area contributed by atoms with E-state index in [4.69, 9.17) is 22.0 Å². The summed E-state index contributed by atoms with van der Waals surface area (Å²) in [5, 5.41) is 18.3. The SMILES string of the molecule is CCC(C)C(NS(=O)(=O)c1cc(Cl)ccc1C#N)C(=O)O. The van der Waals surface area contributed by atoms with E-state index in [1.807, 2.05) is 0 Å². The molecule has 0 aromatic heterocycles. The molecule has 0 bridgehead atoms. The van der Waals surface area contributed by atoms with Crippen molar-refractivity contribution in [2.75, 3.05) is 0 Å². The predicted octanol–water partition coefficient (Wildman–Crippen LogP) is 1.99. The van der Waals surface area contributed by atoms with E-state index in [9.17, 15) is 13.2 Å². The molecule has 0 aliphatic carbocycles. The summed E-state index contributed by atoms with van der Waals surface area (Å²) in [5.41, 5.74) is -0.0970. The van der Waals surface area contributed by atoms with Gasteiger partial charge in [0.15, 0.2) is 0 Å². The van der Waals surface area contributed by atoms with Gasteiger partial charge in [-0.1, -0.05) is 31.9 Å². The van der Waals surface area contributed by atoms with Crippen LogP contribution in [0.2, 0.25) is 5.02 Å². The van der Waals surface area contributed by atoms with Gasteiger partial charge in [-0.2, -0.15) is 9.98 Å². The van der Waals surface area contributed by atoms with Crippen LogP contribution in [0.1, 0.15) is 25.8 Å². The van der Waals surface area contributed by atoms with Crippen molar-refractivity contribution in [2.24, 2.45) is 5.92 Å². The number of nitrogens with zero attached hydrogens (tertiary/aromatic N) is 1. The highest BCUT2D eigenvalue weighted by Crippen LogP contribution is 2.21. The number of nitrogens with one attached hydrogen (secondary N) is 1. The fraction of sp³-hybridized carbons (Fsp3) is 0.385. The maximum absolute atomic E-state index is 12.3. The molecular weight excluding hydrogens is 316 g/mol. The van der Waals surface area contributed by atoms with Gasteiger partial charge in [0, 0.05) is 5.02 Å². The smallest absolute Gasteiger partial charge is 0.322 e. The molecule has 2 unspecified atom stereocenters. The number of hydrogen-bond acceptors (Lipinski definition) is 4. The first-order valence-electron chi connectivity index (χ1n) is 6.17. The third-order valence-corrected chi connectivity index (χ3v) is 4.83. The molecule has 0 aliphatic heterocycles. The predicted molar refractivity (Wildman–Crippen MR) is 77.4 cm³/mol. The second-order valence-corrected chi connectivity index (χ2v) is 6.69. The molecule has 2 N–H and O–H groups in total. The van der Waals surface area contributed by atoms with E-state index in [-0.39, 0.29) is 15.5 Å². The lowest BCUT2D eigenvalue weighted by Gasteiger charge is -2.20. The number of sulfonamides is 1. The molecule has 0 aliphatic rings. The molecule has 0 amide bonds. The summed E-state index contributed by atoms with van der Waals surface area (Å²) in [6, 6.07) is 4.26. The molecule has 8 heteroatoms. The molecule has 6 nitrogen and oxygen atoms in total. The largest absolute Gasteiger partial charge is 0.480 e. The van der Waals surface area contributed by atoms with Crippen molar-refractivity contribution in [1.82, 2.24) is 4.72 Å². The van der Waals surface area contributed by atoms with Crippen LogP contribution < -0.4 is 4.72 Å². The van der Waals surface area contributed by atoms with Crippen LogP contribution in [0.15, 0.2) is 23.1 Å². The zero-order valence-electron chi connectivity index (χ0n) is 11.5. The number of carboxylic acids is 1. The number of halogens is 1. The lowest BCUT2D eigenvalue weighted by atomic mass is 10.0. The van der Waals surface area contributed by atoms with Gasteiger partial charge >= 0.3 is 5.97 Å². The Labute approximate surface area is 128 Å². The van der Waals surface area contributed by atoms with E-state index in [0.29, 0.717) is 6.42 Å². The summed E-state index contributed by atoms with van der Waals surface area (Å²) in [7, 11) is -4.16. The van der Waals surface area contributed by atoms with Gasteiger partial charge in [0.1, 0.15) is 17.0 Å². The van der Waals surface area contributed by atoms with Crippen molar-refractivity contribution in [2.45, 2.75) is 31.2 Å². The highest BCUT2D eigenvalue weighted by molar-refractivity contribution is 7.89. The maximum atomic E-state index is 12.3. The van der Waals surface area contributed by atoms with Gasteiger partial charge in [0.2, 0.25) is 10.0 Å². The highest BCUT2D eigenvalue weighted by atomic mass is 35.5. The molecule has 1 aromatic carbocycles. The highest BCUT2D eigenvalue weighted by Gasteiger charge is 2.30. The molecule has 0 saturated carbocycles. The van der Waals surface area contributed by atoms with E-state index < -0.39 is 28.0 Å². The first-order valence-corrected chi connectivity index (χ1v) is 8.03. The quantitative estimate of drug-likeness (QED) is 0.829. The number of carbonyl (C=O) groups is 1. The lowest BCUT2D eigenvalue weighted by molar-refractivity contribution is -0.140.